The van der Waals surface area contributed by atoms with Gasteiger partial charge in [0.25, 0.3) is 5.91 Å². The average molecular weight is 338 g/mol. The van der Waals surface area contributed by atoms with Gasteiger partial charge in [-0.2, -0.15) is 18.3 Å². The Morgan fingerprint density at radius 3 is 2.50 bits per heavy atom. The first kappa shape index (κ1) is 15.4. The van der Waals surface area contributed by atoms with E-state index in [1.54, 1.807) is 0 Å². The first-order chi connectivity index (χ1) is 11.4. The third-order valence-corrected chi connectivity index (χ3v) is 4.66. The number of nitrogens with one attached hydrogen (secondary N) is 1. The van der Waals surface area contributed by atoms with Gasteiger partial charge in [-0.15, -0.1) is 0 Å². The van der Waals surface area contributed by atoms with Crippen LogP contribution >= 0.6 is 0 Å². The summed E-state index contributed by atoms with van der Waals surface area (Å²) in [6.07, 6.45) is 1.07. The van der Waals surface area contributed by atoms with Gasteiger partial charge in [-0.1, -0.05) is 12.8 Å². The highest BCUT2D eigenvalue weighted by atomic mass is 19.4. The molecule has 0 atom stereocenters. The van der Waals surface area contributed by atoms with E-state index in [0.717, 1.165) is 49.1 Å². The number of hydrogen-bond donors (Lipinski definition) is 1. The first-order valence-electron chi connectivity index (χ1n) is 8.20. The summed E-state index contributed by atoms with van der Waals surface area (Å²) in [7, 11) is 0. The molecule has 1 amide bonds. The van der Waals surface area contributed by atoms with Crippen molar-refractivity contribution in [2.45, 2.75) is 56.7 Å². The molecular weight excluding hydrogens is 321 g/mol. The Morgan fingerprint density at radius 2 is 1.88 bits per heavy atom. The minimum absolute atomic E-state index is 0.0205. The van der Waals surface area contributed by atoms with Crippen LogP contribution in [0.15, 0.2) is 12.1 Å². The highest BCUT2D eigenvalue weighted by molar-refractivity contribution is 5.93. The maximum Gasteiger partial charge on any atom is 0.433 e. The second kappa shape index (κ2) is 5.46. The fourth-order valence-electron chi connectivity index (χ4n) is 3.22. The normalized spacial score (nSPS) is 19.1. The van der Waals surface area contributed by atoms with E-state index < -0.39 is 17.8 Å². The molecule has 0 saturated heterocycles. The van der Waals surface area contributed by atoms with E-state index in [1.165, 1.54) is 6.07 Å². The number of carbonyl (C=O) groups excluding carboxylic acids is 1. The number of halogens is 3. The van der Waals surface area contributed by atoms with Gasteiger partial charge in [-0.3, -0.25) is 4.79 Å². The van der Waals surface area contributed by atoms with Gasteiger partial charge >= 0.3 is 6.18 Å². The summed E-state index contributed by atoms with van der Waals surface area (Å²) in [5.41, 5.74) is -0.400. The second-order valence-corrected chi connectivity index (χ2v) is 6.59. The van der Waals surface area contributed by atoms with Crippen molar-refractivity contribution in [3.63, 3.8) is 0 Å². The van der Waals surface area contributed by atoms with Crippen LogP contribution in [0.5, 0.6) is 0 Å². The van der Waals surface area contributed by atoms with E-state index >= 15 is 0 Å². The fraction of sp³-hybridized carbons (Fsp3) is 0.562. The number of nitrogens with zero attached hydrogens (tertiary/aromatic N) is 3. The lowest BCUT2D eigenvalue weighted by Gasteiger charge is -2.11. The maximum absolute atomic E-state index is 13.3. The van der Waals surface area contributed by atoms with Crippen molar-refractivity contribution in [1.82, 2.24) is 19.9 Å². The zero-order valence-corrected chi connectivity index (χ0v) is 12.9. The molecule has 4 rings (SSSR count). The number of hydrogen-bond acceptors (Lipinski definition) is 3. The molecule has 2 saturated carbocycles. The molecule has 0 aromatic carbocycles. The third-order valence-electron chi connectivity index (χ3n) is 4.66. The van der Waals surface area contributed by atoms with E-state index in [4.69, 9.17) is 0 Å². The molecule has 2 aliphatic carbocycles. The van der Waals surface area contributed by atoms with Crippen LogP contribution in [0.1, 0.15) is 66.3 Å². The Balaban J connectivity index is 1.71. The lowest BCUT2D eigenvalue weighted by Crippen LogP contribution is -2.32. The van der Waals surface area contributed by atoms with Crippen LogP contribution in [0.2, 0.25) is 0 Å². The molecule has 2 aromatic rings. The Kier molecular flexibility index (Phi) is 3.51. The van der Waals surface area contributed by atoms with Crippen molar-refractivity contribution in [3.8, 4) is 0 Å². The van der Waals surface area contributed by atoms with Crippen LogP contribution in [-0.4, -0.2) is 26.5 Å². The molecule has 0 unspecified atom stereocenters. The number of rotatable bonds is 3. The zero-order chi connectivity index (χ0) is 16.9. The molecular formula is C16H17F3N4O. The molecule has 2 aliphatic rings. The first-order valence-corrected chi connectivity index (χ1v) is 8.20. The van der Waals surface area contributed by atoms with Gasteiger partial charge < -0.3 is 5.32 Å². The van der Waals surface area contributed by atoms with E-state index in [1.807, 2.05) is 0 Å². The number of aromatic nitrogens is 3. The second-order valence-electron chi connectivity index (χ2n) is 6.59. The zero-order valence-electron chi connectivity index (χ0n) is 12.9. The molecule has 0 radical (unpaired) electrons. The smallest absolute Gasteiger partial charge is 0.348 e. The summed E-state index contributed by atoms with van der Waals surface area (Å²) >= 11 is 0. The number of fused-ring (bicyclic) bond motifs is 1. The van der Waals surface area contributed by atoms with Crippen molar-refractivity contribution < 1.29 is 18.0 Å². The minimum Gasteiger partial charge on any atom is -0.348 e. The quantitative estimate of drug-likeness (QED) is 0.934. The van der Waals surface area contributed by atoms with Crippen LogP contribution in [0.3, 0.4) is 0 Å². The van der Waals surface area contributed by atoms with E-state index in [-0.39, 0.29) is 23.3 Å². The topological polar surface area (TPSA) is 59.3 Å². The SMILES string of the molecule is O=C(NC1CCCC1)c1cc2nc(C3CC3)cc(C(F)(F)F)n2n1. The van der Waals surface area contributed by atoms with Gasteiger partial charge in [0.15, 0.2) is 11.3 Å². The molecule has 128 valence electrons. The average Bonchev–Trinajstić information content (AvgIpc) is 3.07. The lowest BCUT2D eigenvalue weighted by molar-refractivity contribution is -0.142. The maximum atomic E-state index is 13.3. The van der Waals surface area contributed by atoms with Gasteiger partial charge in [0.2, 0.25) is 0 Å². The van der Waals surface area contributed by atoms with E-state index in [9.17, 15) is 18.0 Å². The van der Waals surface area contributed by atoms with E-state index in [0.29, 0.717) is 5.69 Å². The summed E-state index contributed by atoms with van der Waals surface area (Å²) in [5.74, 6) is -0.352. The third kappa shape index (κ3) is 2.85. The molecule has 8 heteroatoms. The Labute approximate surface area is 136 Å². The van der Waals surface area contributed by atoms with Crippen molar-refractivity contribution in [2.24, 2.45) is 0 Å². The van der Waals surface area contributed by atoms with Gasteiger partial charge in [0.1, 0.15) is 5.69 Å². The monoisotopic (exact) mass is 338 g/mol. The summed E-state index contributed by atoms with van der Waals surface area (Å²) in [5, 5.41) is 6.70. The van der Waals surface area contributed by atoms with Crippen molar-refractivity contribution in [2.75, 3.05) is 0 Å². The minimum atomic E-state index is -4.55. The van der Waals surface area contributed by atoms with Crippen LogP contribution in [0.4, 0.5) is 13.2 Å². The molecule has 0 aliphatic heterocycles. The number of alkyl halides is 3. The molecule has 1 N–H and O–H groups in total. The predicted octanol–water partition coefficient (Wildman–Crippen LogP) is 3.30. The Morgan fingerprint density at radius 1 is 1.17 bits per heavy atom. The molecule has 0 bridgehead atoms. The lowest BCUT2D eigenvalue weighted by atomic mass is 10.2. The van der Waals surface area contributed by atoms with Crippen LogP contribution in [0, 0.1) is 0 Å². The highest BCUT2D eigenvalue weighted by Gasteiger charge is 2.37. The molecule has 2 fully saturated rings. The largest absolute Gasteiger partial charge is 0.433 e. The number of amides is 1. The van der Waals surface area contributed by atoms with Crippen molar-refractivity contribution in [3.05, 3.63) is 29.2 Å². The predicted molar refractivity (Wildman–Crippen MR) is 79.7 cm³/mol. The summed E-state index contributed by atoms with van der Waals surface area (Å²) < 4.78 is 40.7. The van der Waals surface area contributed by atoms with Crippen LogP contribution in [-0.2, 0) is 6.18 Å². The molecule has 24 heavy (non-hydrogen) atoms. The van der Waals surface area contributed by atoms with Crippen molar-refractivity contribution in [1.29, 1.82) is 0 Å². The molecule has 5 nitrogen and oxygen atoms in total. The van der Waals surface area contributed by atoms with Gasteiger partial charge in [-0.25, -0.2) is 9.50 Å². The van der Waals surface area contributed by atoms with Crippen molar-refractivity contribution >= 4 is 11.6 Å². The summed E-state index contributed by atoms with van der Waals surface area (Å²) in [4.78, 5) is 16.5. The standard InChI is InChI=1S/C16H17F3N4O/c17-16(18,19)13-7-11(9-5-6-9)21-14-8-12(22-23(13)14)15(24)20-10-3-1-2-4-10/h7-10H,1-6H2,(H,20,24). The molecule has 2 heterocycles. The Bertz CT molecular complexity index is 788. The summed E-state index contributed by atoms with van der Waals surface area (Å²) in [6.45, 7) is 0. The molecule has 0 spiro atoms. The van der Waals surface area contributed by atoms with Gasteiger partial charge in [0.05, 0.1) is 0 Å². The number of carbonyl (C=O) groups is 1. The fourth-order valence-corrected chi connectivity index (χ4v) is 3.22. The molecule has 2 aromatic heterocycles. The van der Waals surface area contributed by atoms with E-state index in [2.05, 4.69) is 15.4 Å². The summed E-state index contributed by atoms with van der Waals surface area (Å²) in [6, 6.07) is 2.47. The highest BCUT2D eigenvalue weighted by Crippen LogP contribution is 2.41. The Hall–Kier alpha value is -2.12. The van der Waals surface area contributed by atoms with Crippen LogP contribution in [0.25, 0.3) is 5.65 Å². The van der Waals surface area contributed by atoms with Gasteiger partial charge in [0, 0.05) is 23.7 Å². The van der Waals surface area contributed by atoms with Crippen LogP contribution < -0.4 is 5.32 Å². The van der Waals surface area contributed by atoms with Gasteiger partial charge in [-0.05, 0) is 31.7 Å².